The molecule has 0 radical (unpaired) electrons. The molecular formula is C22H30N4O5. The van der Waals surface area contributed by atoms with Crippen molar-refractivity contribution in [3.05, 3.63) is 36.0 Å². The summed E-state index contributed by atoms with van der Waals surface area (Å²) in [5.41, 5.74) is 9.01. The third kappa shape index (κ3) is 6.13. The summed E-state index contributed by atoms with van der Waals surface area (Å²) in [7, 11) is 1.60. The molecule has 0 aromatic heterocycles. The molecule has 31 heavy (non-hydrogen) atoms. The zero-order valence-electron chi connectivity index (χ0n) is 17.8. The van der Waals surface area contributed by atoms with Crippen LogP contribution in [0.5, 0.6) is 5.75 Å². The Morgan fingerprint density at radius 2 is 1.94 bits per heavy atom. The summed E-state index contributed by atoms with van der Waals surface area (Å²) in [4.78, 5) is 41.5. The third-order valence-electron chi connectivity index (χ3n) is 5.67. The number of primary amides is 1. The van der Waals surface area contributed by atoms with E-state index in [2.05, 4.69) is 10.7 Å². The SMILES string of the molecule is COc1ccc(C2=CNN(C(=O)CCCCNC(=O)C3CCC[C@H](C(N)=O)C3)O2)cc1. The lowest BCUT2D eigenvalue weighted by molar-refractivity contribution is -0.168. The maximum atomic E-state index is 12.3. The molecule has 1 unspecified atom stereocenters. The molecular weight excluding hydrogens is 400 g/mol. The molecule has 0 saturated heterocycles. The van der Waals surface area contributed by atoms with Crippen LogP contribution in [-0.2, 0) is 19.2 Å². The summed E-state index contributed by atoms with van der Waals surface area (Å²) in [6.45, 7) is 0.494. The molecule has 3 rings (SSSR count). The number of hydrogen-bond donors (Lipinski definition) is 3. The minimum absolute atomic E-state index is 0.0323. The zero-order valence-corrected chi connectivity index (χ0v) is 17.8. The van der Waals surface area contributed by atoms with Crippen molar-refractivity contribution >= 4 is 23.5 Å². The molecule has 9 heteroatoms. The van der Waals surface area contributed by atoms with Crippen molar-refractivity contribution in [1.82, 2.24) is 15.9 Å². The number of hydrogen-bond acceptors (Lipinski definition) is 6. The number of rotatable bonds is 9. The van der Waals surface area contributed by atoms with Gasteiger partial charge in [-0.05, 0) is 56.4 Å². The van der Waals surface area contributed by atoms with Crippen LogP contribution in [0.15, 0.2) is 30.5 Å². The fourth-order valence-electron chi connectivity index (χ4n) is 3.83. The largest absolute Gasteiger partial charge is 0.497 e. The lowest BCUT2D eigenvalue weighted by Crippen LogP contribution is -2.37. The quantitative estimate of drug-likeness (QED) is 0.514. The van der Waals surface area contributed by atoms with Gasteiger partial charge in [-0.2, -0.15) is 0 Å². The average molecular weight is 431 g/mol. The molecule has 1 aromatic carbocycles. The molecule has 3 amide bonds. The summed E-state index contributed by atoms with van der Waals surface area (Å²) in [6, 6.07) is 7.33. The Kier molecular flexibility index (Phi) is 7.75. The molecule has 4 N–H and O–H groups in total. The lowest BCUT2D eigenvalue weighted by atomic mass is 9.80. The fourth-order valence-corrected chi connectivity index (χ4v) is 3.83. The minimum atomic E-state index is -0.321. The molecule has 1 fully saturated rings. The highest BCUT2D eigenvalue weighted by atomic mass is 16.7. The highest BCUT2D eigenvalue weighted by molar-refractivity contribution is 5.81. The van der Waals surface area contributed by atoms with Crippen molar-refractivity contribution in [2.45, 2.75) is 44.9 Å². The summed E-state index contributed by atoms with van der Waals surface area (Å²) >= 11 is 0. The number of benzene rings is 1. The second-order valence-electron chi connectivity index (χ2n) is 7.86. The van der Waals surface area contributed by atoms with Crippen LogP contribution in [0.3, 0.4) is 0 Å². The van der Waals surface area contributed by atoms with Gasteiger partial charge < -0.3 is 20.6 Å². The molecule has 0 bridgehead atoms. The number of ether oxygens (including phenoxy) is 1. The predicted octanol–water partition coefficient (Wildman–Crippen LogP) is 1.85. The number of nitrogens with one attached hydrogen (secondary N) is 2. The molecule has 2 atom stereocenters. The molecule has 1 saturated carbocycles. The minimum Gasteiger partial charge on any atom is -0.497 e. The van der Waals surface area contributed by atoms with Gasteiger partial charge in [0, 0.05) is 30.4 Å². The lowest BCUT2D eigenvalue weighted by Gasteiger charge is -2.26. The Morgan fingerprint density at radius 3 is 2.65 bits per heavy atom. The van der Waals surface area contributed by atoms with Crippen LogP contribution in [0.1, 0.15) is 50.5 Å². The van der Waals surface area contributed by atoms with Gasteiger partial charge in [-0.25, -0.2) is 0 Å². The number of nitrogens with zero attached hydrogens (tertiary/aromatic N) is 1. The maximum Gasteiger partial charge on any atom is 0.278 e. The first-order valence-electron chi connectivity index (χ1n) is 10.7. The Morgan fingerprint density at radius 1 is 1.19 bits per heavy atom. The predicted molar refractivity (Wildman–Crippen MR) is 114 cm³/mol. The molecule has 2 aliphatic rings. The van der Waals surface area contributed by atoms with Gasteiger partial charge in [0.1, 0.15) is 5.75 Å². The van der Waals surface area contributed by atoms with E-state index >= 15 is 0 Å². The second kappa shape index (κ2) is 10.7. The van der Waals surface area contributed by atoms with Crippen molar-refractivity contribution in [1.29, 1.82) is 0 Å². The smallest absolute Gasteiger partial charge is 0.278 e. The van der Waals surface area contributed by atoms with Crippen LogP contribution in [0.4, 0.5) is 0 Å². The molecule has 9 nitrogen and oxygen atoms in total. The van der Waals surface area contributed by atoms with Crippen molar-refractivity contribution in [2.24, 2.45) is 17.6 Å². The van der Waals surface area contributed by atoms with Gasteiger partial charge in [0.25, 0.3) is 5.91 Å². The van der Waals surface area contributed by atoms with Gasteiger partial charge in [-0.1, -0.05) is 11.6 Å². The Labute approximate surface area is 181 Å². The van der Waals surface area contributed by atoms with E-state index in [0.717, 1.165) is 35.7 Å². The summed E-state index contributed by atoms with van der Waals surface area (Å²) in [6.07, 6.45) is 6.14. The number of nitrogens with two attached hydrogens (primary N) is 1. The van der Waals surface area contributed by atoms with Crippen LogP contribution in [0, 0.1) is 11.8 Å². The topological polar surface area (TPSA) is 123 Å². The highest BCUT2D eigenvalue weighted by Gasteiger charge is 2.29. The second-order valence-corrected chi connectivity index (χ2v) is 7.86. The van der Waals surface area contributed by atoms with Gasteiger partial charge in [0.15, 0.2) is 5.76 Å². The van der Waals surface area contributed by atoms with E-state index in [1.54, 1.807) is 13.3 Å². The van der Waals surface area contributed by atoms with Crippen LogP contribution in [0.25, 0.3) is 5.76 Å². The van der Waals surface area contributed by atoms with Crippen molar-refractivity contribution in [2.75, 3.05) is 13.7 Å². The van der Waals surface area contributed by atoms with Gasteiger partial charge in [0.2, 0.25) is 11.8 Å². The molecule has 1 aliphatic carbocycles. The van der Waals surface area contributed by atoms with E-state index in [9.17, 15) is 14.4 Å². The summed E-state index contributed by atoms with van der Waals surface area (Å²) < 4.78 is 5.13. The van der Waals surface area contributed by atoms with E-state index in [0.29, 0.717) is 38.0 Å². The first-order chi connectivity index (χ1) is 15.0. The van der Waals surface area contributed by atoms with Crippen LogP contribution in [0.2, 0.25) is 0 Å². The average Bonchev–Trinajstić information content (AvgIpc) is 3.29. The van der Waals surface area contributed by atoms with Crippen LogP contribution in [-0.4, -0.2) is 36.5 Å². The standard InChI is InChI=1S/C22H30N4O5/c1-30-18-10-8-15(9-11-18)19-14-25-26(31-19)20(27)7-2-3-12-24-22(29)17-6-4-5-16(13-17)21(23)28/h8-11,14,16-17,25H,2-7,12-13H2,1H3,(H2,23,28)(H,24,29)/t16-,17?/m0/s1. The molecule has 168 valence electrons. The number of amides is 3. The first kappa shape index (κ1) is 22.5. The van der Waals surface area contributed by atoms with E-state index < -0.39 is 0 Å². The molecule has 1 aliphatic heterocycles. The Hall–Kier alpha value is -3.23. The third-order valence-corrected chi connectivity index (χ3v) is 5.67. The fraction of sp³-hybridized carbons (Fsp3) is 0.500. The number of hydrazine groups is 1. The van der Waals surface area contributed by atoms with Gasteiger partial charge in [-0.15, -0.1) is 0 Å². The number of methoxy groups -OCH3 is 1. The zero-order chi connectivity index (χ0) is 22.2. The summed E-state index contributed by atoms with van der Waals surface area (Å²) in [5, 5.41) is 4.02. The van der Waals surface area contributed by atoms with Crippen LogP contribution >= 0.6 is 0 Å². The van der Waals surface area contributed by atoms with E-state index in [4.69, 9.17) is 15.3 Å². The normalized spacial score (nSPS) is 20.3. The van der Waals surface area contributed by atoms with E-state index in [-0.39, 0.29) is 29.6 Å². The highest BCUT2D eigenvalue weighted by Crippen LogP contribution is 2.29. The number of unbranched alkanes of at least 4 members (excludes halogenated alkanes) is 1. The van der Waals surface area contributed by atoms with Crippen molar-refractivity contribution < 1.29 is 24.0 Å². The number of carbonyl (C=O) groups excluding carboxylic acids is 3. The van der Waals surface area contributed by atoms with Gasteiger partial charge in [0.05, 0.1) is 13.3 Å². The molecule has 0 spiro atoms. The first-order valence-corrected chi connectivity index (χ1v) is 10.7. The van der Waals surface area contributed by atoms with Crippen LogP contribution < -0.4 is 21.2 Å². The monoisotopic (exact) mass is 430 g/mol. The Bertz CT molecular complexity index is 824. The van der Waals surface area contributed by atoms with E-state index in [1.165, 1.54) is 0 Å². The number of hydroxylamine groups is 1. The molecule has 1 heterocycles. The van der Waals surface area contributed by atoms with Gasteiger partial charge >= 0.3 is 0 Å². The Balaban J connectivity index is 1.32. The van der Waals surface area contributed by atoms with Crippen molar-refractivity contribution in [3.63, 3.8) is 0 Å². The summed E-state index contributed by atoms with van der Waals surface area (Å²) in [5.74, 6) is 0.386. The maximum absolute atomic E-state index is 12.3. The molecule has 1 aromatic rings. The van der Waals surface area contributed by atoms with E-state index in [1.807, 2.05) is 24.3 Å². The van der Waals surface area contributed by atoms with Crippen molar-refractivity contribution in [3.8, 4) is 5.75 Å². The van der Waals surface area contributed by atoms with Gasteiger partial charge in [-0.3, -0.25) is 19.8 Å². The number of carbonyl (C=O) groups is 3.